The zero-order chi connectivity index (χ0) is 21.8. The molecule has 0 fully saturated rings. The molecule has 0 aromatic heterocycles. The number of carbonyl (C=O) groups excluding carboxylic acids is 2. The minimum Gasteiger partial charge on any atom is -0.464 e. The predicted molar refractivity (Wildman–Crippen MR) is 114 cm³/mol. The number of nitrogens with zero attached hydrogens (tertiary/aromatic N) is 2. The Balaban J connectivity index is 6.87. The number of hydrogen-bond acceptors (Lipinski definition) is 6. The maximum Gasteiger partial charge on any atom is 0.329 e. The highest BCUT2D eigenvalue weighted by Gasteiger charge is 2.65. The van der Waals surface area contributed by atoms with Crippen LogP contribution in [0.5, 0.6) is 0 Å². The highest BCUT2D eigenvalue weighted by atomic mass is 16.5. The highest BCUT2D eigenvalue weighted by Crippen LogP contribution is 2.42. The molecule has 2 atom stereocenters. The third-order valence-corrected chi connectivity index (χ3v) is 5.86. The molecule has 0 rings (SSSR count). The summed E-state index contributed by atoms with van der Waals surface area (Å²) in [7, 11) is 0. The quantitative estimate of drug-likeness (QED) is 0.389. The average molecular weight is 401 g/mol. The summed E-state index contributed by atoms with van der Waals surface area (Å²) in [6.07, 6.45) is 2.44. The first-order valence-corrected chi connectivity index (χ1v) is 11.2. The van der Waals surface area contributed by atoms with Crippen molar-refractivity contribution in [1.82, 2.24) is 9.80 Å². The fourth-order valence-electron chi connectivity index (χ4n) is 4.59. The fraction of sp³-hybridized carbons (Fsp3) is 0.909. The van der Waals surface area contributed by atoms with Crippen molar-refractivity contribution in [1.29, 1.82) is 0 Å². The van der Waals surface area contributed by atoms with Gasteiger partial charge in [-0.3, -0.25) is 9.80 Å². The van der Waals surface area contributed by atoms with E-state index < -0.39 is 11.1 Å². The molecule has 0 aliphatic rings. The van der Waals surface area contributed by atoms with Gasteiger partial charge < -0.3 is 9.47 Å². The number of hydrogen-bond donors (Lipinski definition) is 0. The SMILES string of the molecule is CCCOC(=O)C(CC)(N(CC)CC)C(CC)(C(=O)OCCC)N(CC)CC. The Morgan fingerprint density at radius 1 is 0.607 bits per heavy atom. The molecule has 0 aliphatic heterocycles. The van der Waals surface area contributed by atoms with E-state index >= 15 is 0 Å². The summed E-state index contributed by atoms with van der Waals surface area (Å²) in [4.78, 5) is 31.5. The lowest BCUT2D eigenvalue weighted by molar-refractivity contribution is -0.191. The van der Waals surface area contributed by atoms with E-state index in [0.717, 1.165) is 12.8 Å². The molecule has 2 unspecified atom stereocenters. The molecule has 0 aliphatic carbocycles. The van der Waals surface area contributed by atoms with E-state index in [4.69, 9.17) is 9.47 Å². The van der Waals surface area contributed by atoms with E-state index in [9.17, 15) is 9.59 Å². The van der Waals surface area contributed by atoms with E-state index in [1.807, 2.05) is 55.4 Å². The summed E-state index contributed by atoms with van der Waals surface area (Å²) in [6, 6.07) is 0. The van der Waals surface area contributed by atoms with Crippen LogP contribution in [0, 0.1) is 0 Å². The third kappa shape index (κ3) is 4.88. The molecular formula is C22H44N2O4. The lowest BCUT2D eigenvalue weighted by Gasteiger charge is -2.55. The monoisotopic (exact) mass is 400 g/mol. The molecule has 0 radical (unpaired) electrons. The van der Waals surface area contributed by atoms with Gasteiger partial charge in [0.1, 0.15) is 11.1 Å². The number of carbonyl (C=O) groups is 2. The Kier molecular flexibility index (Phi) is 12.6. The van der Waals surface area contributed by atoms with Gasteiger partial charge in [-0.1, -0.05) is 55.4 Å². The molecular weight excluding hydrogens is 356 g/mol. The second-order valence-electron chi connectivity index (χ2n) is 7.04. The summed E-state index contributed by atoms with van der Waals surface area (Å²) in [5, 5.41) is 0. The summed E-state index contributed by atoms with van der Waals surface area (Å²) in [5.74, 6) is -0.634. The largest absolute Gasteiger partial charge is 0.464 e. The molecule has 0 aromatic rings. The zero-order valence-corrected chi connectivity index (χ0v) is 19.6. The maximum absolute atomic E-state index is 13.6. The normalized spacial score (nSPS) is 15.9. The average Bonchev–Trinajstić information content (AvgIpc) is 2.72. The molecule has 6 nitrogen and oxygen atoms in total. The molecule has 28 heavy (non-hydrogen) atoms. The van der Waals surface area contributed by atoms with Crippen LogP contribution in [0.4, 0.5) is 0 Å². The van der Waals surface area contributed by atoms with Crippen LogP contribution in [-0.2, 0) is 19.1 Å². The van der Waals surface area contributed by atoms with Crippen LogP contribution in [0.15, 0.2) is 0 Å². The first kappa shape index (κ1) is 26.9. The van der Waals surface area contributed by atoms with Gasteiger partial charge in [-0.2, -0.15) is 0 Å². The summed E-state index contributed by atoms with van der Waals surface area (Å²) >= 11 is 0. The van der Waals surface area contributed by atoms with E-state index in [1.165, 1.54) is 0 Å². The smallest absolute Gasteiger partial charge is 0.329 e. The van der Waals surface area contributed by atoms with E-state index in [-0.39, 0.29) is 11.9 Å². The Hall–Kier alpha value is -1.14. The minimum absolute atomic E-state index is 0.317. The van der Waals surface area contributed by atoms with E-state index in [2.05, 4.69) is 9.80 Å². The van der Waals surface area contributed by atoms with Crippen molar-refractivity contribution in [3.63, 3.8) is 0 Å². The molecule has 6 heteroatoms. The summed E-state index contributed by atoms with van der Waals surface area (Å²) in [6.45, 7) is 19.3. The second kappa shape index (κ2) is 13.2. The van der Waals surface area contributed by atoms with Crippen molar-refractivity contribution < 1.29 is 19.1 Å². The standard InChI is InChI=1S/C22H44N2O4/c1-9-17-27-19(25)21(11-3,23(13-5)14-6)22(12-4,24(15-7)16-8)20(26)28-18-10-2/h9-18H2,1-8H3. The van der Waals surface area contributed by atoms with Crippen LogP contribution in [0.25, 0.3) is 0 Å². The first-order valence-electron chi connectivity index (χ1n) is 11.2. The fourth-order valence-corrected chi connectivity index (χ4v) is 4.59. The van der Waals surface area contributed by atoms with Crippen LogP contribution in [0.2, 0.25) is 0 Å². The third-order valence-electron chi connectivity index (χ3n) is 5.86. The van der Waals surface area contributed by atoms with Crippen molar-refractivity contribution in [2.45, 2.75) is 92.2 Å². The van der Waals surface area contributed by atoms with Crippen molar-refractivity contribution in [3.8, 4) is 0 Å². The minimum atomic E-state index is -1.10. The molecule has 166 valence electrons. The van der Waals surface area contributed by atoms with Crippen LogP contribution in [-0.4, -0.2) is 72.2 Å². The topological polar surface area (TPSA) is 59.1 Å². The van der Waals surface area contributed by atoms with Crippen molar-refractivity contribution in [3.05, 3.63) is 0 Å². The molecule has 0 N–H and O–H groups in total. The number of likely N-dealkylation sites (N-methyl/N-ethyl adjacent to an activating group) is 2. The number of rotatable bonds is 15. The zero-order valence-electron chi connectivity index (χ0n) is 19.6. The summed E-state index contributed by atoms with van der Waals surface area (Å²) < 4.78 is 11.4. The summed E-state index contributed by atoms with van der Waals surface area (Å²) in [5.41, 5.74) is -2.20. The van der Waals surface area contributed by atoms with Gasteiger partial charge in [-0.15, -0.1) is 0 Å². The van der Waals surface area contributed by atoms with Gasteiger partial charge in [-0.25, -0.2) is 9.59 Å². The van der Waals surface area contributed by atoms with Crippen LogP contribution < -0.4 is 0 Å². The van der Waals surface area contributed by atoms with Crippen LogP contribution in [0.3, 0.4) is 0 Å². The second-order valence-corrected chi connectivity index (χ2v) is 7.04. The molecule has 0 bridgehead atoms. The van der Waals surface area contributed by atoms with E-state index in [1.54, 1.807) is 0 Å². The van der Waals surface area contributed by atoms with Crippen molar-refractivity contribution in [2.24, 2.45) is 0 Å². The van der Waals surface area contributed by atoms with Gasteiger partial charge in [-0.05, 0) is 51.9 Å². The molecule has 0 saturated heterocycles. The Labute approximate surface area is 172 Å². The van der Waals surface area contributed by atoms with Crippen molar-refractivity contribution >= 4 is 11.9 Å². The molecule has 0 heterocycles. The number of ether oxygens (including phenoxy) is 2. The van der Waals surface area contributed by atoms with Gasteiger partial charge in [0, 0.05) is 0 Å². The maximum atomic E-state index is 13.6. The molecule has 0 spiro atoms. The van der Waals surface area contributed by atoms with Crippen LogP contribution >= 0.6 is 0 Å². The van der Waals surface area contributed by atoms with Gasteiger partial charge in [0.15, 0.2) is 0 Å². The highest BCUT2D eigenvalue weighted by molar-refractivity contribution is 5.95. The Morgan fingerprint density at radius 3 is 1.07 bits per heavy atom. The van der Waals surface area contributed by atoms with Crippen LogP contribution in [0.1, 0.15) is 81.1 Å². The Bertz CT molecular complexity index is 421. The molecule has 0 saturated carbocycles. The van der Waals surface area contributed by atoms with Crippen molar-refractivity contribution in [2.75, 3.05) is 39.4 Å². The van der Waals surface area contributed by atoms with Gasteiger partial charge in [0.25, 0.3) is 0 Å². The van der Waals surface area contributed by atoms with Gasteiger partial charge in [0.05, 0.1) is 13.2 Å². The van der Waals surface area contributed by atoms with E-state index in [0.29, 0.717) is 52.2 Å². The first-order chi connectivity index (χ1) is 13.4. The Morgan fingerprint density at radius 2 is 0.893 bits per heavy atom. The van der Waals surface area contributed by atoms with Gasteiger partial charge in [0.2, 0.25) is 0 Å². The molecule has 0 aromatic carbocycles. The molecule has 0 amide bonds. The lowest BCUT2D eigenvalue weighted by Crippen LogP contribution is -2.77. The van der Waals surface area contributed by atoms with Gasteiger partial charge >= 0.3 is 11.9 Å². The predicted octanol–water partition coefficient (Wildman–Crippen LogP) is 3.87. The lowest BCUT2D eigenvalue weighted by atomic mass is 9.69. The number of esters is 2.